The SMILES string of the molecule is COc1cc(Nc2ncnc3ccc(Br)cc23)ccc1OCc1c(F)cccc1F.Cl.Clc1ncnc2ccc(Br)cc12. The third kappa shape index (κ3) is 7.85. The Morgan fingerprint density at radius 1 is 0.767 bits per heavy atom. The van der Waals surface area contributed by atoms with Crippen molar-refractivity contribution in [1.29, 1.82) is 0 Å². The average Bonchev–Trinajstić information content (AvgIpc) is 2.98. The van der Waals surface area contributed by atoms with Crippen LogP contribution in [0.2, 0.25) is 5.15 Å². The largest absolute Gasteiger partial charge is 0.493 e. The van der Waals surface area contributed by atoms with Crippen LogP contribution in [0.1, 0.15) is 5.56 Å². The van der Waals surface area contributed by atoms with Crippen LogP contribution in [-0.4, -0.2) is 27.0 Å². The van der Waals surface area contributed by atoms with Crippen LogP contribution < -0.4 is 14.8 Å². The Labute approximate surface area is 273 Å². The van der Waals surface area contributed by atoms with Crippen molar-refractivity contribution in [3.63, 3.8) is 0 Å². The van der Waals surface area contributed by atoms with E-state index in [0.717, 1.165) is 30.8 Å². The third-order valence-electron chi connectivity index (χ3n) is 6.01. The zero-order valence-electron chi connectivity index (χ0n) is 22.2. The molecule has 0 aliphatic rings. The Balaban J connectivity index is 0.000000272. The average molecular weight is 752 g/mol. The van der Waals surface area contributed by atoms with Crippen LogP contribution in [0.25, 0.3) is 21.8 Å². The Morgan fingerprint density at radius 3 is 2.07 bits per heavy atom. The lowest BCUT2D eigenvalue weighted by Crippen LogP contribution is -2.03. The predicted molar refractivity (Wildman–Crippen MR) is 174 cm³/mol. The first-order valence-corrected chi connectivity index (χ1v) is 14.3. The van der Waals surface area contributed by atoms with Crippen LogP contribution >= 0.6 is 55.9 Å². The molecule has 1 N–H and O–H groups in total. The molecule has 0 atom stereocenters. The molecule has 0 radical (unpaired) electrons. The molecule has 0 saturated heterocycles. The highest BCUT2D eigenvalue weighted by Gasteiger charge is 2.13. The van der Waals surface area contributed by atoms with Gasteiger partial charge in [-0.2, -0.15) is 0 Å². The van der Waals surface area contributed by atoms with Gasteiger partial charge in [0.05, 0.1) is 23.7 Å². The number of rotatable bonds is 6. The fraction of sp³-hybridized carbons (Fsp3) is 0.0667. The summed E-state index contributed by atoms with van der Waals surface area (Å²) in [6.45, 7) is -0.258. The second kappa shape index (κ2) is 14.7. The minimum Gasteiger partial charge on any atom is -0.493 e. The zero-order chi connectivity index (χ0) is 29.6. The minimum absolute atomic E-state index is 0. The number of hydrogen-bond donors (Lipinski definition) is 1. The highest BCUT2D eigenvalue weighted by Crippen LogP contribution is 2.33. The maximum Gasteiger partial charge on any atom is 0.162 e. The predicted octanol–water partition coefficient (Wildman–Crippen LogP) is 9.47. The topological polar surface area (TPSA) is 82.0 Å². The molecular weight excluding hydrogens is 731 g/mol. The molecule has 0 bridgehead atoms. The minimum atomic E-state index is -0.658. The number of aromatic nitrogens is 4. The Hall–Kier alpha value is -3.64. The van der Waals surface area contributed by atoms with Gasteiger partial charge in [0.25, 0.3) is 0 Å². The van der Waals surface area contributed by atoms with Gasteiger partial charge < -0.3 is 14.8 Å². The first kappa shape index (κ1) is 32.3. The van der Waals surface area contributed by atoms with Crippen LogP contribution in [0.5, 0.6) is 11.5 Å². The molecule has 6 rings (SSSR count). The molecule has 7 nitrogen and oxygen atoms in total. The number of benzene rings is 4. The normalized spacial score (nSPS) is 10.5. The Bertz CT molecular complexity index is 1880. The number of nitrogens with one attached hydrogen (secondary N) is 1. The summed E-state index contributed by atoms with van der Waals surface area (Å²) in [6.07, 6.45) is 2.94. The van der Waals surface area contributed by atoms with E-state index in [4.69, 9.17) is 21.1 Å². The lowest BCUT2D eigenvalue weighted by atomic mass is 10.2. The Morgan fingerprint density at radius 2 is 1.40 bits per heavy atom. The van der Waals surface area contributed by atoms with E-state index in [9.17, 15) is 8.78 Å². The van der Waals surface area contributed by atoms with Crippen LogP contribution in [0.3, 0.4) is 0 Å². The van der Waals surface area contributed by atoms with E-state index in [2.05, 4.69) is 57.1 Å². The van der Waals surface area contributed by atoms with Crippen molar-refractivity contribution in [1.82, 2.24) is 19.9 Å². The second-order valence-electron chi connectivity index (χ2n) is 8.69. The van der Waals surface area contributed by atoms with Gasteiger partial charge in [-0.3, -0.25) is 0 Å². The van der Waals surface area contributed by atoms with Gasteiger partial charge in [-0.25, -0.2) is 28.7 Å². The molecule has 0 amide bonds. The molecule has 6 aromatic rings. The van der Waals surface area contributed by atoms with Crippen molar-refractivity contribution in [2.45, 2.75) is 6.61 Å². The fourth-order valence-corrected chi connectivity index (χ4v) is 4.86. The number of halogens is 6. The molecule has 13 heteroatoms. The molecule has 2 heterocycles. The summed E-state index contributed by atoms with van der Waals surface area (Å²) >= 11 is 12.7. The number of ether oxygens (including phenoxy) is 2. The van der Waals surface area contributed by atoms with Crippen molar-refractivity contribution in [2.75, 3.05) is 12.4 Å². The fourth-order valence-electron chi connectivity index (χ4n) is 3.95. The third-order valence-corrected chi connectivity index (χ3v) is 7.29. The first-order valence-electron chi connectivity index (χ1n) is 12.3. The molecule has 4 aromatic carbocycles. The lowest BCUT2D eigenvalue weighted by molar-refractivity contribution is 0.274. The van der Waals surface area contributed by atoms with Gasteiger partial charge in [0.2, 0.25) is 0 Å². The summed E-state index contributed by atoms with van der Waals surface area (Å²) in [4.78, 5) is 16.5. The molecule has 0 aliphatic carbocycles. The summed E-state index contributed by atoms with van der Waals surface area (Å²) in [5.41, 5.74) is 2.23. The summed E-state index contributed by atoms with van der Waals surface area (Å²) in [6, 6.07) is 20.3. The van der Waals surface area contributed by atoms with Gasteiger partial charge in [0.1, 0.15) is 41.9 Å². The first-order chi connectivity index (χ1) is 20.3. The van der Waals surface area contributed by atoms with Gasteiger partial charge in [0.15, 0.2) is 11.5 Å². The number of anilines is 2. The maximum absolute atomic E-state index is 13.8. The lowest BCUT2D eigenvalue weighted by Gasteiger charge is -2.14. The highest BCUT2D eigenvalue weighted by atomic mass is 79.9. The van der Waals surface area contributed by atoms with E-state index in [1.165, 1.54) is 38.0 Å². The monoisotopic (exact) mass is 749 g/mol. The van der Waals surface area contributed by atoms with Crippen molar-refractivity contribution in [3.05, 3.63) is 117 Å². The van der Waals surface area contributed by atoms with E-state index in [0.29, 0.717) is 28.2 Å². The van der Waals surface area contributed by atoms with Crippen LogP contribution in [0.4, 0.5) is 20.3 Å². The molecule has 0 aliphatic heterocycles. The maximum atomic E-state index is 13.8. The second-order valence-corrected chi connectivity index (χ2v) is 10.9. The van der Waals surface area contributed by atoms with E-state index < -0.39 is 11.6 Å². The summed E-state index contributed by atoms with van der Waals surface area (Å²) in [7, 11) is 1.49. The summed E-state index contributed by atoms with van der Waals surface area (Å²) in [5, 5.41) is 5.45. The molecule has 2 aromatic heterocycles. The molecule has 43 heavy (non-hydrogen) atoms. The molecule has 0 saturated carbocycles. The quantitative estimate of drug-likeness (QED) is 0.170. The molecule has 0 unspecified atom stereocenters. The molecule has 0 spiro atoms. The van der Waals surface area contributed by atoms with Crippen LogP contribution in [0.15, 0.2) is 94.4 Å². The summed E-state index contributed by atoms with van der Waals surface area (Å²) in [5.74, 6) is 0.0887. The highest BCUT2D eigenvalue weighted by molar-refractivity contribution is 9.10. The van der Waals surface area contributed by atoms with Crippen molar-refractivity contribution >= 4 is 89.2 Å². The Kier molecular flexibility index (Phi) is 11.0. The van der Waals surface area contributed by atoms with Gasteiger partial charge in [0, 0.05) is 31.5 Å². The van der Waals surface area contributed by atoms with E-state index in [1.807, 2.05) is 36.4 Å². The van der Waals surface area contributed by atoms with E-state index >= 15 is 0 Å². The van der Waals surface area contributed by atoms with Gasteiger partial charge >= 0.3 is 0 Å². The number of hydrogen-bond acceptors (Lipinski definition) is 7. The number of fused-ring (bicyclic) bond motifs is 2. The smallest absolute Gasteiger partial charge is 0.162 e. The van der Waals surface area contributed by atoms with E-state index in [-0.39, 0.29) is 24.6 Å². The standard InChI is InChI=1S/C22H16BrF2N3O2.C8H4BrClN2.ClH/c1-29-21-10-14(28-22-15-9-13(23)5-7-19(15)26-12-27-22)6-8-20(21)30-11-16-17(24)3-2-4-18(16)25;9-5-1-2-7-6(3-5)8(10)12-4-11-7;/h2-10,12H,11H2,1H3,(H,26,27,28);1-4H;1H. The van der Waals surface area contributed by atoms with Crippen LogP contribution in [-0.2, 0) is 6.61 Å². The number of methoxy groups -OCH3 is 1. The van der Waals surface area contributed by atoms with Crippen molar-refractivity contribution in [2.24, 2.45) is 0 Å². The van der Waals surface area contributed by atoms with Crippen LogP contribution in [0, 0.1) is 11.6 Å². The molecule has 220 valence electrons. The molecule has 0 fully saturated rings. The summed E-state index contributed by atoms with van der Waals surface area (Å²) < 4.78 is 40.5. The van der Waals surface area contributed by atoms with E-state index in [1.54, 1.807) is 18.2 Å². The molecular formula is C30H21Br2Cl2F2N5O2. The zero-order valence-corrected chi connectivity index (χ0v) is 26.9. The van der Waals surface area contributed by atoms with Gasteiger partial charge in [-0.1, -0.05) is 49.5 Å². The van der Waals surface area contributed by atoms with Gasteiger partial charge in [-0.05, 0) is 60.7 Å². The number of nitrogens with zero attached hydrogens (tertiary/aromatic N) is 4. The van der Waals surface area contributed by atoms with Crippen molar-refractivity contribution in [3.8, 4) is 11.5 Å². The van der Waals surface area contributed by atoms with Crippen molar-refractivity contribution < 1.29 is 18.3 Å². The van der Waals surface area contributed by atoms with Gasteiger partial charge in [-0.15, -0.1) is 12.4 Å².